The Kier molecular flexibility index (Phi) is 4.60. The lowest BCUT2D eigenvalue weighted by atomic mass is 9.95. The fourth-order valence-corrected chi connectivity index (χ4v) is 3.16. The third-order valence-electron chi connectivity index (χ3n) is 4.43. The lowest BCUT2D eigenvalue weighted by Gasteiger charge is -2.36. The molecule has 2 heterocycles. The zero-order chi connectivity index (χ0) is 17.3. The Balaban J connectivity index is 1.80. The van der Waals surface area contributed by atoms with E-state index in [2.05, 4.69) is 9.88 Å². The maximum absolute atomic E-state index is 14.2. The predicted octanol–water partition coefficient (Wildman–Crippen LogP) is 3.14. The molecule has 6 heteroatoms. The smallest absolute Gasteiger partial charge is 0.229 e. The maximum atomic E-state index is 14.2. The van der Waals surface area contributed by atoms with Crippen LogP contribution in [0.5, 0.6) is 5.75 Å². The van der Waals surface area contributed by atoms with Crippen molar-refractivity contribution in [1.82, 2.24) is 9.88 Å². The van der Waals surface area contributed by atoms with E-state index in [0.29, 0.717) is 30.2 Å². The molecule has 0 saturated carbocycles. The van der Waals surface area contributed by atoms with E-state index in [1.807, 2.05) is 13.8 Å². The third kappa shape index (κ3) is 3.60. The second kappa shape index (κ2) is 6.53. The Labute approximate surface area is 141 Å². The molecule has 1 N–H and O–H groups in total. The zero-order valence-corrected chi connectivity index (χ0v) is 14.3. The van der Waals surface area contributed by atoms with Crippen LogP contribution < -0.4 is 4.74 Å². The second-order valence-corrected chi connectivity index (χ2v) is 6.68. The van der Waals surface area contributed by atoms with Crippen LogP contribution in [0, 0.1) is 12.7 Å². The van der Waals surface area contributed by atoms with Crippen LogP contribution in [0.3, 0.4) is 0 Å². The standard InChI is InChI=1S/C18H23FN2O3/c1-12-16(10-21-8-4-7-18(2,22)11-21)20-17(24-12)14-6-5-13(23-3)9-15(14)19/h5-6,9,22H,4,7-8,10-11H2,1-3H3/t18-/m1/s1. The largest absolute Gasteiger partial charge is 0.497 e. The van der Waals surface area contributed by atoms with Crippen LogP contribution in [0.25, 0.3) is 11.5 Å². The van der Waals surface area contributed by atoms with E-state index in [4.69, 9.17) is 9.15 Å². The summed E-state index contributed by atoms with van der Waals surface area (Å²) in [5.74, 6) is 0.968. The van der Waals surface area contributed by atoms with Gasteiger partial charge >= 0.3 is 0 Å². The molecule has 1 atom stereocenters. The van der Waals surface area contributed by atoms with Crippen LogP contribution in [0.15, 0.2) is 22.6 Å². The summed E-state index contributed by atoms with van der Waals surface area (Å²) < 4.78 is 24.9. The number of methoxy groups -OCH3 is 1. The number of benzene rings is 1. The number of likely N-dealkylation sites (tertiary alicyclic amines) is 1. The first-order valence-corrected chi connectivity index (χ1v) is 8.13. The fourth-order valence-electron chi connectivity index (χ4n) is 3.16. The van der Waals surface area contributed by atoms with Gasteiger partial charge in [-0.15, -0.1) is 0 Å². The van der Waals surface area contributed by atoms with Crippen molar-refractivity contribution in [2.75, 3.05) is 20.2 Å². The van der Waals surface area contributed by atoms with Crippen molar-refractivity contribution in [3.8, 4) is 17.2 Å². The molecule has 5 nitrogen and oxygen atoms in total. The fraction of sp³-hybridized carbons (Fsp3) is 0.500. The molecule has 1 aromatic heterocycles. The highest BCUT2D eigenvalue weighted by Gasteiger charge is 2.29. The number of oxazole rings is 1. The summed E-state index contributed by atoms with van der Waals surface area (Å²) in [6.45, 7) is 5.78. The molecule has 1 aromatic carbocycles. The van der Waals surface area contributed by atoms with Gasteiger partial charge in [0.05, 0.1) is 24.0 Å². The van der Waals surface area contributed by atoms with Crippen LogP contribution in [-0.4, -0.2) is 40.8 Å². The summed E-state index contributed by atoms with van der Waals surface area (Å²) in [7, 11) is 1.50. The van der Waals surface area contributed by atoms with Crippen molar-refractivity contribution >= 4 is 0 Å². The highest BCUT2D eigenvalue weighted by molar-refractivity contribution is 5.56. The third-order valence-corrected chi connectivity index (χ3v) is 4.43. The molecule has 0 spiro atoms. The molecule has 1 aliphatic heterocycles. The van der Waals surface area contributed by atoms with E-state index >= 15 is 0 Å². The Morgan fingerprint density at radius 3 is 2.92 bits per heavy atom. The van der Waals surface area contributed by atoms with Crippen LogP contribution in [0.1, 0.15) is 31.2 Å². The van der Waals surface area contributed by atoms with Crippen molar-refractivity contribution in [2.45, 2.75) is 38.8 Å². The second-order valence-electron chi connectivity index (χ2n) is 6.68. The molecule has 1 aliphatic rings. The van der Waals surface area contributed by atoms with E-state index in [9.17, 15) is 9.50 Å². The minimum Gasteiger partial charge on any atom is -0.497 e. The van der Waals surface area contributed by atoms with Gasteiger partial charge in [0, 0.05) is 19.2 Å². The normalized spacial score (nSPS) is 21.9. The molecule has 24 heavy (non-hydrogen) atoms. The number of ether oxygens (including phenoxy) is 1. The summed E-state index contributed by atoms with van der Waals surface area (Å²) in [5, 5.41) is 10.2. The van der Waals surface area contributed by atoms with E-state index in [-0.39, 0.29) is 5.89 Å². The number of aliphatic hydroxyl groups is 1. The van der Waals surface area contributed by atoms with E-state index < -0.39 is 11.4 Å². The van der Waals surface area contributed by atoms with Crippen LogP contribution in [0.2, 0.25) is 0 Å². The number of halogens is 1. The van der Waals surface area contributed by atoms with Crippen molar-refractivity contribution in [3.63, 3.8) is 0 Å². The van der Waals surface area contributed by atoms with Gasteiger partial charge < -0.3 is 14.3 Å². The van der Waals surface area contributed by atoms with Gasteiger partial charge in [0.2, 0.25) is 5.89 Å². The average molecular weight is 334 g/mol. The first-order chi connectivity index (χ1) is 11.4. The minimum absolute atomic E-state index is 0.270. The van der Waals surface area contributed by atoms with Gasteiger partial charge in [0.1, 0.15) is 17.3 Å². The van der Waals surface area contributed by atoms with E-state index in [1.54, 1.807) is 12.1 Å². The van der Waals surface area contributed by atoms with Crippen molar-refractivity contribution in [1.29, 1.82) is 0 Å². The molecular weight excluding hydrogens is 311 g/mol. The summed E-state index contributed by atoms with van der Waals surface area (Å²) >= 11 is 0. The van der Waals surface area contributed by atoms with Gasteiger partial charge in [-0.2, -0.15) is 0 Å². The minimum atomic E-state index is -0.666. The first-order valence-electron chi connectivity index (χ1n) is 8.13. The molecule has 1 fully saturated rings. The first kappa shape index (κ1) is 16.9. The van der Waals surface area contributed by atoms with Gasteiger partial charge in [-0.3, -0.25) is 4.90 Å². The molecule has 0 radical (unpaired) electrons. The lowest BCUT2D eigenvalue weighted by molar-refractivity contribution is -0.0185. The molecule has 130 valence electrons. The lowest BCUT2D eigenvalue weighted by Crippen LogP contribution is -2.45. The summed E-state index contributed by atoms with van der Waals surface area (Å²) in [6, 6.07) is 4.60. The molecule has 1 saturated heterocycles. The number of aryl methyl sites for hydroxylation is 1. The van der Waals surface area contributed by atoms with Gasteiger partial charge in [-0.1, -0.05) is 0 Å². The highest BCUT2D eigenvalue weighted by atomic mass is 19.1. The highest BCUT2D eigenvalue weighted by Crippen LogP contribution is 2.28. The molecule has 2 aromatic rings. The molecule has 0 amide bonds. The number of nitrogens with zero attached hydrogens (tertiary/aromatic N) is 2. The number of β-amino-alcohol motifs (C(OH)–C–C–N with tert-alkyl or cyclic N) is 1. The van der Waals surface area contributed by atoms with Gasteiger partial charge in [0.15, 0.2) is 0 Å². The van der Waals surface area contributed by atoms with Crippen molar-refractivity contribution in [3.05, 3.63) is 35.5 Å². The maximum Gasteiger partial charge on any atom is 0.229 e. The number of aromatic nitrogens is 1. The van der Waals surface area contributed by atoms with Crippen LogP contribution >= 0.6 is 0 Å². The van der Waals surface area contributed by atoms with E-state index in [0.717, 1.165) is 25.1 Å². The van der Waals surface area contributed by atoms with Gasteiger partial charge in [-0.05, 0) is 45.4 Å². The monoisotopic (exact) mass is 334 g/mol. The summed E-state index contributed by atoms with van der Waals surface area (Å²) in [6.07, 6.45) is 1.76. The molecular formula is C18H23FN2O3. The number of piperidine rings is 1. The zero-order valence-electron chi connectivity index (χ0n) is 14.3. The average Bonchev–Trinajstić information content (AvgIpc) is 2.86. The predicted molar refractivity (Wildman–Crippen MR) is 88.3 cm³/mol. The van der Waals surface area contributed by atoms with Gasteiger partial charge in [-0.25, -0.2) is 9.37 Å². The quantitative estimate of drug-likeness (QED) is 0.931. The SMILES string of the molecule is COc1ccc(-c2nc(CN3CCC[C@@](C)(O)C3)c(C)o2)c(F)c1. The summed E-state index contributed by atoms with van der Waals surface area (Å²) in [5.41, 5.74) is 0.426. The topological polar surface area (TPSA) is 58.7 Å². The van der Waals surface area contributed by atoms with Crippen molar-refractivity contribution in [2.24, 2.45) is 0 Å². The summed E-state index contributed by atoms with van der Waals surface area (Å²) in [4.78, 5) is 6.62. The number of hydrogen-bond donors (Lipinski definition) is 1. The van der Waals surface area contributed by atoms with Crippen molar-refractivity contribution < 1.29 is 18.7 Å². The molecule has 0 aliphatic carbocycles. The molecule has 0 bridgehead atoms. The Bertz CT molecular complexity index is 727. The Morgan fingerprint density at radius 2 is 2.25 bits per heavy atom. The Hall–Kier alpha value is -1.92. The Morgan fingerprint density at radius 1 is 1.46 bits per heavy atom. The van der Waals surface area contributed by atoms with Crippen LogP contribution in [-0.2, 0) is 6.54 Å². The number of rotatable bonds is 4. The number of hydrogen-bond acceptors (Lipinski definition) is 5. The van der Waals surface area contributed by atoms with Crippen LogP contribution in [0.4, 0.5) is 4.39 Å². The molecule has 0 unspecified atom stereocenters. The molecule has 3 rings (SSSR count). The van der Waals surface area contributed by atoms with E-state index in [1.165, 1.54) is 13.2 Å². The van der Waals surface area contributed by atoms with Gasteiger partial charge in [0.25, 0.3) is 0 Å².